The van der Waals surface area contributed by atoms with E-state index in [4.69, 9.17) is 14.2 Å². The average Bonchev–Trinajstić information content (AvgIpc) is 2.84. The highest BCUT2D eigenvalue weighted by Gasteiger charge is 2.16. The Morgan fingerprint density at radius 3 is 2.44 bits per heavy atom. The standard InChI is InChI=1S/C23H25FN4O6/c1-14(34-16-8-6-15(24)7-9-16)22(30)27-26-21(29)5-4-10-28-13-25-18-12-20(33-3)19(32-2)11-17(18)23(28)31/h6-9,11-14H,4-5,10H2,1-3H3,(H,26,29)(H,27,30). The highest BCUT2D eigenvalue weighted by molar-refractivity contribution is 5.84. The van der Waals surface area contributed by atoms with E-state index < -0.39 is 23.7 Å². The largest absolute Gasteiger partial charge is 0.493 e. The molecule has 0 saturated heterocycles. The smallest absolute Gasteiger partial charge is 0.279 e. The molecule has 0 aliphatic carbocycles. The number of hydrogen-bond donors (Lipinski definition) is 2. The van der Waals surface area contributed by atoms with Crippen LogP contribution in [0.15, 0.2) is 47.5 Å². The monoisotopic (exact) mass is 472 g/mol. The van der Waals surface area contributed by atoms with Gasteiger partial charge in [0.1, 0.15) is 11.6 Å². The van der Waals surface area contributed by atoms with Gasteiger partial charge >= 0.3 is 0 Å². The third-order valence-corrected chi connectivity index (χ3v) is 4.95. The number of carbonyl (C=O) groups is 2. The molecule has 180 valence electrons. The van der Waals surface area contributed by atoms with Crippen LogP contribution in [0, 0.1) is 5.82 Å². The number of hydrogen-bond acceptors (Lipinski definition) is 7. The molecule has 0 spiro atoms. The number of amides is 2. The molecule has 0 aliphatic heterocycles. The van der Waals surface area contributed by atoms with Crippen molar-refractivity contribution in [2.75, 3.05) is 14.2 Å². The lowest BCUT2D eigenvalue weighted by Gasteiger charge is -2.15. The van der Waals surface area contributed by atoms with Gasteiger partial charge in [-0.1, -0.05) is 0 Å². The van der Waals surface area contributed by atoms with Crippen LogP contribution in [0.4, 0.5) is 4.39 Å². The van der Waals surface area contributed by atoms with E-state index in [0.717, 1.165) is 0 Å². The summed E-state index contributed by atoms with van der Waals surface area (Å²) in [5.41, 5.74) is 4.78. The number of aryl methyl sites for hydroxylation is 1. The molecule has 0 saturated carbocycles. The van der Waals surface area contributed by atoms with Gasteiger partial charge in [0.2, 0.25) is 5.91 Å². The number of carbonyl (C=O) groups excluding carboxylic acids is 2. The Morgan fingerprint density at radius 1 is 1.09 bits per heavy atom. The van der Waals surface area contributed by atoms with Crippen LogP contribution in [0.5, 0.6) is 17.2 Å². The van der Waals surface area contributed by atoms with E-state index in [2.05, 4.69) is 15.8 Å². The molecule has 3 aromatic rings. The molecular formula is C23H25FN4O6. The molecule has 11 heteroatoms. The summed E-state index contributed by atoms with van der Waals surface area (Å²) in [4.78, 5) is 41.2. The van der Waals surface area contributed by atoms with Gasteiger partial charge in [-0.15, -0.1) is 0 Å². The fourth-order valence-electron chi connectivity index (χ4n) is 3.12. The molecule has 0 radical (unpaired) electrons. The summed E-state index contributed by atoms with van der Waals surface area (Å²) in [7, 11) is 2.98. The molecule has 1 atom stereocenters. The Hall–Kier alpha value is -4.15. The molecule has 10 nitrogen and oxygen atoms in total. The van der Waals surface area contributed by atoms with Gasteiger partial charge in [-0.2, -0.15) is 0 Å². The third-order valence-electron chi connectivity index (χ3n) is 4.95. The van der Waals surface area contributed by atoms with E-state index >= 15 is 0 Å². The first-order chi connectivity index (χ1) is 16.3. The maximum atomic E-state index is 12.9. The molecule has 34 heavy (non-hydrogen) atoms. The Bertz CT molecular complexity index is 1230. The Balaban J connectivity index is 1.49. The van der Waals surface area contributed by atoms with E-state index in [1.165, 1.54) is 56.3 Å². The van der Waals surface area contributed by atoms with Crippen LogP contribution in [-0.2, 0) is 16.1 Å². The number of ether oxygens (including phenoxy) is 3. The minimum Gasteiger partial charge on any atom is -0.493 e. The van der Waals surface area contributed by atoms with E-state index in [9.17, 15) is 18.8 Å². The lowest BCUT2D eigenvalue weighted by molar-refractivity contribution is -0.132. The van der Waals surface area contributed by atoms with Crippen LogP contribution in [0.25, 0.3) is 10.9 Å². The topological polar surface area (TPSA) is 121 Å². The summed E-state index contributed by atoms with van der Waals surface area (Å²) < 4.78 is 30.2. The summed E-state index contributed by atoms with van der Waals surface area (Å²) in [5.74, 6) is -0.220. The molecule has 0 fully saturated rings. The number of halogens is 1. The summed E-state index contributed by atoms with van der Waals surface area (Å²) in [6.45, 7) is 1.75. The number of hydrazine groups is 1. The quantitative estimate of drug-likeness (QED) is 0.457. The second kappa shape index (κ2) is 11.1. The third kappa shape index (κ3) is 6.00. The van der Waals surface area contributed by atoms with Crippen molar-refractivity contribution >= 4 is 22.7 Å². The predicted octanol–water partition coefficient (Wildman–Crippen LogP) is 1.95. The first kappa shape index (κ1) is 24.5. The number of nitrogens with zero attached hydrogens (tertiary/aromatic N) is 2. The molecule has 0 bridgehead atoms. The molecule has 2 amide bonds. The van der Waals surface area contributed by atoms with E-state index in [1.807, 2.05) is 0 Å². The zero-order valence-electron chi connectivity index (χ0n) is 19.0. The van der Waals surface area contributed by atoms with Crippen molar-refractivity contribution in [2.45, 2.75) is 32.4 Å². The first-order valence-corrected chi connectivity index (χ1v) is 10.4. The lowest BCUT2D eigenvalue weighted by atomic mass is 10.2. The number of aromatic nitrogens is 2. The van der Waals surface area contributed by atoms with Crippen molar-refractivity contribution in [3.63, 3.8) is 0 Å². The summed E-state index contributed by atoms with van der Waals surface area (Å²) in [6.07, 6.45) is 0.891. The minimum absolute atomic E-state index is 0.0594. The highest BCUT2D eigenvalue weighted by atomic mass is 19.1. The maximum absolute atomic E-state index is 12.9. The fraction of sp³-hybridized carbons (Fsp3) is 0.304. The molecule has 0 aliphatic rings. The van der Waals surface area contributed by atoms with Crippen LogP contribution >= 0.6 is 0 Å². The summed E-state index contributed by atoms with van der Waals surface area (Å²) in [6, 6.07) is 8.41. The number of rotatable bonds is 9. The minimum atomic E-state index is -0.913. The SMILES string of the molecule is COc1cc2ncn(CCCC(=O)NNC(=O)C(C)Oc3ccc(F)cc3)c(=O)c2cc1OC. The van der Waals surface area contributed by atoms with Crippen LogP contribution < -0.4 is 30.6 Å². The van der Waals surface area contributed by atoms with Gasteiger partial charge in [-0.25, -0.2) is 9.37 Å². The van der Waals surface area contributed by atoms with Crippen molar-refractivity contribution < 1.29 is 28.2 Å². The zero-order chi connectivity index (χ0) is 24.7. The Morgan fingerprint density at radius 2 is 1.76 bits per heavy atom. The Kier molecular flexibility index (Phi) is 8.01. The maximum Gasteiger partial charge on any atom is 0.279 e. The van der Waals surface area contributed by atoms with Gasteiger partial charge < -0.3 is 14.2 Å². The molecule has 2 aromatic carbocycles. The van der Waals surface area contributed by atoms with Gasteiger partial charge in [0, 0.05) is 19.0 Å². The second-order valence-electron chi connectivity index (χ2n) is 7.32. The van der Waals surface area contributed by atoms with Crippen molar-refractivity contribution in [2.24, 2.45) is 0 Å². The van der Waals surface area contributed by atoms with E-state index in [-0.39, 0.29) is 18.5 Å². The van der Waals surface area contributed by atoms with Crippen LogP contribution in [-0.4, -0.2) is 41.7 Å². The van der Waals surface area contributed by atoms with Gasteiger partial charge in [-0.3, -0.25) is 29.8 Å². The van der Waals surface area contributed by atoms with Crippen molar-refractivity contribution in [1.29, 1.82) is 0 Å². The normalized spacial score (nSPS) is 11.5. The molecule has 1 heterocycles. The number of fused-ring (bicyclic) bond motifs is 1. The highest BCUT2D eigenvalue weighted by Crippen LogP contribution is 2.29. The second-order valence-corrected chi connectivity index (χ2v) is 7.32. The van der Waals surface area contributed by atoms with E-state index in [1.54, 1.807) is 12.1 Å². The van der Waals surface area contributed by atoms with Crippen molar-refractivity contribution in [3.8, 4) is 17.2 Å². The average molecular weight is 472 g/mol. The molecule has 3 rings (SSSR count). The molecule has 1 unspecified atom stereocenters. The zero-order valence-corrected chi connectivity index (χ0v) is 19.0. The predicted molar refractivity (Wildman–Crippen MR) is 121 cm³/mol. The number of nitrogens with one attached hydrogen (secondary N) is 2. The van der Waals surface area contributed by atoms with Crippen molar-refractivity contribution in [3.05, 3.63) is 58.9 Å². The fourth-order valence-corrected chi connectivity index (χ4v) is 3.12. The molecule has 1 aromatic heterocycles. The van der Waals surface area contributed by atoms with E-state index in [0.29, 0.717) is 34.6 Å². The van der Waals surface area contributed by atoms with Gasteiger partial charge in [0.25, 0.3) is 11.5 Å². The number of methoxy groups -OCH3 is 2. The van der Waals surface area contributed by atoms with Gasteiger partial charge in [0.15, 0.2) is 17.6 Å². The molecular weight excluding hydrogens is 447 g/mol. The summed E-state index contributed by atoms with van der Waals surface area (Å²) in [5, 5.41) is 0.368. The Labute approximate surface area is 194 Å². The number of benzene rings is 2. The van der Waals surface area contributed by atoms with Crippen LogP contribution in [0.2, 0.25) is 0 Å². The van der Waals surface area contributed by atoms with Gasteiger partial charge in [-0.05, 0) is 43.7 Å². The summed E-state index contributed by atoms with van der Waals surface area (Å²) >= 11 is 0. The molecule has 2 N–H and O–H groups in total. The van der Waals surface area contributed by atoms with Crippen LogP contribution in [0.3, 0.4) is 0 Å². The lowest BCUT2D eigenvalue weighted by Crippen LogP contribution is -2.47. The van der Waals surface area contributed by atoms with Crippen LogP contribution in [0.1, 0.15) is 19.8 Å². The van der Waals surface area contributed by atoms with Crippen molar-refractivity contribution in [1.82, 2.24) is 20.4 Å². The van der Waals surface area contributed by atoms with Gasteiger partial charge in [0.05, 0.1) is 31.4 Å². The first-order valence-electron chi connectivity index (χ1n) is 10.4.